The van der Waals surface area contributed by atoms with Crippen molar-refractivity contribution >= 4 is 12.2 Å². The molecule has 1 aromatic rings. The van der Waals surface area contributed by atoms with Gasteiger partial charge in [-0.05, 0) is 24.1 Å². The van der Waals surface area contributed by atoms with Crippen LogP contribution < -0.4 is 0 Å². The van der Waals surface area contributed by atoms with E-state index in [1.165, 1.54) is 12.0 Å². The molecule has 0 radical (unpaired) electrons. The molecule has 1 aromatic heterocycles. The number of rotatable bonds is 0. The maximum absolute atomic E-state index is 4.24. The number of aromatic nitrogens is 1. The number of fused-ring (bicyclic) bond motifs is 1. The first-order valence-corrected chi connectivity index (χ1v) is 5.16. The van der Waals surface area contributed by atoms with Gasteiger partial charge in [0.15, 0.2) is 0 Å². The highest BCUT2D eigenvalue weighted by Crippen LogP contribution is 2.13. The van der Waals surface area contributed by atoms with Gasteiger partial charge in [-0.25, -0.2) is 0 Å². The minimum Gasteiger partial charge on any atom is -0.256 e. The van der Waals surface area contributed by atoms with Crippen molar-refractivity contribution in [3.63, 3.8) is 0 Å². The molecule has 0 N–H and O–H groups in total. The predicted molar refractivity (Wildman–Crippen MR) is 62.9 cm³/mol. The lowest BCUT2D eigenvalue weighted by Gasteiger charge is -1.95. The number of hydrogen-bond donors (Lipinski definition) is 0. The lowest BCUT2D eigenvalue weighted by atomic mass is 10.2. The van der Waals surface area contributed by atoms with Gasteiger partial charge < -0.3 is 0 Å². The van der Waals surface area contributed by atoms with Crippen molar-refractivity contribution in [2.24, 2.45) is 0 Å². The van der Waals surface area contributed by atoms with Gasteiger partial charge in [-0.3, -0.25) is 4.98 Å². The SMILES string of the molecule is C1=Cc2cccnc2C=CC1.CCC. The van der Waals surface area contributed by atoms with Crippen LogP contribution >= 0.6 is 0 Å². The fraction of sp³-hybridized carbons (Fsp3) is 0.308. The van der Waals surface area contributed by atoms with Gasteiger partial charge in [0.25, 0.3) is 0 Å². The lowest BCUT2D eigenvalue weighted by Crippen LogP contribution is -1.82. The summed E-state index contributed by atoms with van der Waals surface area (Å²) in [7, 11) is 0. The minimum absolute atomic E-state index is 1.01. The molecule has 74 valence electrons. The Morgan fingerprint density at radius 1 is 1.21 bits per heavy atom. The maximum Gasteiger partial charge on any atom is 0.0698 e. The van der Waals surface area contributed by atoms with Crippen LogP contribution in [-0.4, -0.2) is 4.98 Å². The molecule has 0 fully saturated rings. The van der Waals surface area contributed by atoms with E-state index < -0.39 is 0 Å². The smallest absolute Gasteiger partial charge is 0.0698 e. The number of allylic oxidation sites excluding steroid dienone is 2. The first-order valence-electron chi connectivity index (χ1n) is 5.16. The molecule has 1 heterocycles. The second-order valence-corrected chi connectivity index (χ2v) is 3.23. The summed E-state index contributed by atoms with van der Waals surface area (Å²) in [4.78, 5) is 4.24. The van der Waals surface area contributed by atoms with E-state index in [0.717, 1.165) is 12.1 Å². The van der Waals surface area contributed by atoms with E-state index >= 15 is 0 Å². The van der Waals surface area contributed by atoms with Gasteiger partial charge in [0.1, 0.15) is 0 Å². The van der Waals surface area contributed by atoms with E-state index in [9.17, 15) is 0 Å². The molecule has 1 nitrogen and oxygen atoms in total. The van der Waals surface area contributed by atoms with Crippen LogP contribution in [0, 0.1) is 0 Å². The average molecular weight is 187 g/mol. The van der Waals surface area contributed by atoms with Crippen molar-refractivity contribution in [2.45, 2.75) is 26.7 Å². The summed E-state index contributed by atoms with van der Waals surface area (Å²) in [6.45, 7) is 4.25. The zero-order valence-corrected chi connectivity index (χ0v) is 8.90. The molecule has 0 atom stereocenters. The highest BCUT2D eigenvalue weighted by molar-refractivity contribution is 5.64. The van der Waals surface area contributed by atoms with Crippen molar-refractivity contribution < 1.29 is 0 Å². The summed E-state index contributed by atoms with van der Waals surface area (Å²) < 4.78 is 0. The first kappa shape index (κ1) is 10.7. The Morgan fingerprint density at radius 3 is 2.71 bits per heavy atom. The molecule has 2 rings (SSSR count). The molecule has 0 unspecified atom stereocenters. The Hall–Kier alpha value is -1.37. The van der Waals surface area contributed by atoms with Crippen LogP contribution in [0.2, 0.25) is 0 Å². The van der Waals surface area contributed by atoms with Crippen LogP contribution in [0.3, 0.4) is 0 Å². The maximum atomic E-state index is 4.24. The first-order chi connectivity index (χ1) is 6.88. The molecule has 0 spiro atoms. The Bertz CT molecular complexity index is 293. The van der Waals surface area contributed by atoms with Crippen molar-refractivity contribution in [1.82, 2.24) is 4.98 Å². The van der Waals surface area contributed by atoms with Gasteiger partial charge >= 0.3 is 0 Å². The van der Waals surface area contributed by atoms with Gasteiger partial charge in [0, 0.05) is 6.20 Å². The largest absolute Gasteiger partial charge is 0.256 e. The predicted octanol–water partition coefficient (Wildman–Crippen LogP) is 3.93. The van der Waals surface area contributed by atoms with Gasteiger partial charge in [-0.15, -0.1) is 0 Å². The lowest BCUT2D eigenvalue weighted by molar-refractivity contribution is 1.09. The Kier molecular flexibility index (Phi) is 4.70. The van der Waals surface area contributed by atoms with Gasteiger partial charge in [0.2, 0.25) is 0 Å². The van der Waals surface area contributed by atoms with Crippen molar-refractivity contribution in [1.29, 1.82) is 0 Å². The fourth-order valence-electron chi connectivity index (χ4n) is 1.16. The average Bonchev–Trinajstić information content (AvgIpc) is 2.43. The molecule has 1 heteroatoms. The third-order valence-electron chi connectivity index (χ3n) is 1.72. The minimum atomic E-state index is 1.01. The molecule has 0 aromatic carbocycles. The number of hydrogen-bond acceptors (Lipinski definition) is 1. The second-order valence-electron chi connectivity index (χ2n) is 3.23. The van der Waals surface area contributed by atoms with Crippen LogP contribution in [-0.2, 0) is 0 Å². The Labute approximate surface area is 86.2 Å². The Balaban J connectivity index is 0.000000293. The monoisotopic (exact) mass is 187 g/mol. The fourth-order valence-corrected chi connectivity index (χ4v) is 1.16. The Morgan fingerprint density at radius 2 is 1.93 bits per heavy atom. The molecule has 0 aliphatic heterocycles. The molecule has 1 aliphatic carbocycles. The van der Waals surface area contributed by atoms with Crippen molar-refractivity contribution in [3.05, 3.63) is 41.7 Å². The highest BCUT2D eigenvalue weighted by Gasteiger charge is 1.96. The van der Waals surface area contributed by atoms with Gasteiger partial charge in [-0.2, -0.15) is 0 Å². The summed E-state index contributed by atoms with van der Waals surface area (Å²) in [5, 5.41) is 0. The van der Waals surface area contributed by atoms with E-state index in [4.69, 9.17) is 0 Å². The molecule has 1 aliphatic rings. The van der Waals surface area contributed by atoms with Crippen LogP contribution in [0.5, 0.6) is 0 Å². The van der Waals surface area contributed by atoms with E-state index in [0.29, 0.717) is 0 Å². The van der Waals surface area contributed by atoms with E-state index in [1.807, 2.05) is 12.3 Å². The second kappa shape index (κ2) is 6.14. The van der Waals surface area contributed by atoms with Crippen LogP contribution in [0.25, 0.3) is 12.2 Å². The van der Waals surface area contributed by atoms with E-state index in [-0.39, 0.29) is 0 Å². The summed E-state index contributed by atoms with van der Waals surface area (Å²) in [6.07, 6.45) is 12.5. The summed E-state index contributed by atoms with van der Waals surface area (Å²) >= 11 is 0. The molecular weight excluding hydrogens is 170 g/mol. The quantitative estimate of drug-likeness (QED) is 0.599. The molecule has 0 saturated carbocycles. The zero-order valence-electron chi connectivity index (χ0n) is 8.90. The van der Waals surface area contributed by atoms with Crippen LogP contribution in [0.4, 0.5) is 0 Å². The molecule has 0 saturated heterocycles. The van der Waals surface area contributed by atoms with Crippen molar-refractivity contribution in [2.75, 3.05) is 0 Å². The summed E-state index contributed by atoms with van der Waals surface area (Å²) in [6, 6.07) is 4.04. The van der Waals surface area contributed by atoms with E-state index in [1.54, 1.807) is 0 Å². The zero-order chi connectivity index (χ0) is 10.2. The van der Waals surface area contributed by atoms with Gasteiger partial charge in [-0.1, -0.05) is 44.6 Å². The third kappa shape index (κ3) is 3.17. The van der Waals surface area contributed by atoms with Crippen LogP contribution in [0.1, 0.15) is 37.9 Å². The number of nitrogens with zero attached hydrogens (tertiary/aromatic N) is 1. The molecular formula is C13H17N. The van der Waals surface area contributed by atoms with Crippen LogP contribution in [0.15, 0.2) is 30.5 Å². The molecule has 0 bridgehead atoms. The summed E-state index contributed by atoms with van der Waals surface area (Å²) in [5.74, 6) is 0. The standard InChI is InChI=1S/C10H9N.C3H8/c1-2-5-9-6-4-8-11-10(9)7-3-1;1-3-2/h2-8H,1H2;3H2,1-2H3. The van der Waals surface area contributed by atoms with Gasteiger partial charge in [0.05, 0.1) is 5.69 Å². The molecule has 0 amide bonds. The molecule has 14 heavy (non-hydrogen) atoms. The van der Waals surface area contributed by atoms with E-state index in [2.05, 4.69) is 49.2 Å². The highest BCUT2D eigenvalue weighted by atomic mass is 14.7. The topological polar surface area (TPSA) is 12.9 Å². The van der Waals surface area contributed by atoms with Crippen molar-refractivity contribution in [3.8, 4) is 0 Å². The number of pyridine rings is 1. The summed E-state index contributed by atoms with van der Waals surface area (Å²) in [5.41, 5.74) is 2.28. The third-order valence-corrected chi connectivity index (χ3v) is 1.72. The normalized spacial score (nSPS) is 12.4.